The molecule has 0 unspecified atom stereocenters. The number of hydrogen-bond acceptors (Lipinski definition) is 3. The molecule has 0 amide bonds. The Balaban J connectivity index is 1.84. The maximum absolute atomic E-state index is 5.91. The van der Waals surface area contributed by atoms with Gasteiger partial charge in [0.05, 0.1) is 4.88 Å². The van der Waals surface area contributed by atoms with Crippen LogP contribution in [0.3, 0.4) is 0 Å². The Morgan fingerprint density at radius 1 is 1.05 bits per heavy atom. The first-order chi connectivity index (χ1) is 9.72. The van der Waals surface area contributed by atoms with E-state index in [0.29, 0.717) is 0 Å². The van der Waals surface area contributed by atoms with E-state index in [0.717, 1.165) is 25.0 Å². The molecule has 0 aliphatic rings. The van der Waals surface area contributed by atoms with Gasteiger partial charge in [0.2, 0.25) is 0 Å². The molecule has 20 heavy (non-hydrogen) atoms. The molecule has 2 aromatic carbocycles. The van der Waals surface area contributed by atoms with E-state index in [2.05, 4.69) is 32.4 Å². The predicted octanol–water partition coefficient (Wildman–Crippen LogP) is 6.38. The predicted molar refractivity (Wildman–Crippen MR) is 90.8 cm³/mol. The Labute approximate surface area is 139 Å². The molecule has 1 heterocycles. The first-order valence-corrected chi connectivity index (χ1v) is 8.63. The van der Waals surface area contributed by atoms with Crippen LogP contribution in [0.5, 0.6) is 0 Å². The number of rotatable bonds is 3. The van der Waals surface area contributed by atoms with Crippen LogP contribution < -0.4 is 0 Å². The van der Waals surface area contributed by atoms with Crippen LogP contribution in [-0.4, -0.2) is 4.37 Å². The van der Waals surface area contributed by atoms with Crippen molar-refractivity contribution in [1.29, 1.82) is 0 Å². The van der Waals surface area contributed by atoms with Gasteiger partial charge < -0.3 is 0 Å². The van der Waals surface area contributed by atoms with Crippen molar-refractivity contribution in [1.82, 2.24) is 4.37 Å². The lowest BCUT2D eigenvalue weighted by Crippen LogP contribution is -1.74. The second kappa shape index (κ2) is 6.31. The van der Waals surface area contributed by atoms with Crippen molar-refractivity contribution < 1.29 is 0 Å². The number of halogens is 2. The normalized spacial score (nSPS) is 10.7. The van der Waals surface area contributed by atoms with Gasteiger partial charge in [0.15, 0.2) is 0 Å². The summed E-state index contributed by atoms with van der Waals surface area (Å²) in [7, 11) is 0. The molecule has 0 atom stereocenters. The van der Waals surface area contributed by atoms with Crippen LogP contribution in [0, 0.1) is 0 Å². The fourth-order valence-corrected chi connectivity index (χ4v) is 4.05. The highest BCUT2D eigenvalue weighted by Gasteiger charge is 2.07. The van der Waals surface area contributed by atoms with E-state index in [9.17, 15) is 0 Å². The number of aromatic nitrogens is 1. The number of nitrogens with zero attached hydrogens (tertiary/aromatic N) is 1. The molecular formula is C15H9BrClNS2. The molecule has 100 valence electrons. The van der Waals surface area contributed by atoms with Gasteiger partial charge in [-0.25, -0.2) is 0 Å². The molecule has 0 aliphatic heterocycles. The van der Waals surface area contributed by atoms with E-state index in [-0.39, 0.29) is 0 Å². The second-order valence-electron chi connectivity index (χ2n) is 4.07. The minimum Gasteiger partial charge on any atom is -0.185 e. The molecule has 3 aromatic rings. The molecule has 3 rings (SSSR count). The molecule has 0 bridgehead atoms. The zero-order valence-electron chi connectivity index (χ0n) is 10.2. The largest absolute Gasteiger partial charge is 0.185 e. The van der Waals surface area contributed by atoms with Crippen LogP contribution in [-0.2, 0) is 0 Å². The highest BCUT2D eigenvalue weighted by molar-refractivity contribution is 9.10. The van der Waals surface area contributed by atoms with E-state index in [4.69, 9.17) is 11.6 Å². The SMILES string of the molecule is Clc1ccc(-c2cc(Sc3ccccc3Br)ns2)cc1. The van der Waals surface area contributed by atoms with Crippen LogP contribution in [0.15, 0.2) is 69.0 Å². The molecule has 1 aromatic heterocycles. The summed E-state index contributed by atoms with van der Waals surface area (Å²) >= 11 is 12.6. The molecular weight excluding hydrogens is 374 g/mol. The highest BCUT2D eigenvalue weighted by atomic mass is 79.9. The first-order valence-electron chi connectivity index (χ1n) is 5.87. The van der Waals surface area contributed by atoms with E-state index in [1.54, 1.807) is 11.8 Å². The molecule has 0 aliphatic carbocycles. The van der Waals surface area contributed by atoms with Crippen LogP contribution in [0.2, 0.25) is 5.02 Å². The third kappa shape index (κ3) is 3.26. The van der Waals surface area contributed by atoms with Gasteiger partial charge in [-0.3, -0.25) is 0 Å². The third-order valence-corrected chi connectivity index (χ3v) is 5.82. The molecule has 5 heteroatoms. The zero-order chi connectivity index (χ0) is 13.9. The van der Waals surface area contributed by atoms with E-state index >= 15 is 0 Å². The van der Waals surface area contributed by atoms with Crippen molar-refractivity contribution in [3.8, 4) is 10.4 Å². The molecule has 0 saturated heterocycles. The molecule has 0 fully saturated rings. The van der Waals surface area contributed by atoms with Gasteiger partial charge in [-0.15, -0.1) is 0 Å². The summed E-state index contributed by atoms with van der Waals surface area (Å²) in [6, 6.07) is 18.1. The van der Waals surface area contributed by atoms with Crippen molar-refractivity contribution >= 4 is 50.8 Å². The molecule has 0 radical (unpaired) electrons. The van der Waals surface area contributed by atoms with E-state index < -0.39 is 0 Å². The summed E-state index contributed by atoms with van der Waals surface area (Å²) in [6.07, 6.45) is 0. The smallest absolute Gasteiger partial charge is 0.115 e. The summed E-state index contributed by atoms with van der Waals surface area (Å²) in [5, 5.41) is 1.76. The summed E-state index contributed by atoms with van der Waals surface area (Å²) in [5.41, 5.74) is 1.14. The van der Waals surface area contributed by atoms with Crippen molar-refractivity contribution in [2.24, 2.45) is 0 Å². The quantitative estimate of drug-likeness (QED) is 0.521. The summed E-state index contributed by atoms with van der Waals surface area (Å²) in [6.45, 7) is 0. The van der Waals surface area contributed by atoms with Gasteiger partial charge >= 0.3 is 0 Å². The summed E-state index contributed by atoms with van der Waals surface area (Å²) < 4.78 is 5.59. The summed E-state index contributed by atoms with van der Waals surface area (Å²) in [5.74, 6) is 0. The van der Waals surface area contributed by atoms with Crippen LogP contribution in [0.1, 0.15) is 0 Å². The maximum atomic E-state index is 5.91. The Bertz CT molecular complexity index is 725. The molecule has 0 N–H and O–H groups in total. The standard InChI is InChI=1S/C15H9BrClNS2/c16-12-3-1-2-4-13(12)19-15-9-14(20-18-15)10-5-7-11(17)8-6-10/h1-9H. The van der Waals surface area contributed by atoms with Gasteiger partial charge in [-0.05, 0) is 63.4 Å². The number of benzene rings is 2. The topological polar surface area (TPSA) is 12.9 Å². The fraction of sp³-hybridized carbons (Fsp3) is 0. The lowest BCUT2D eigenvalue weighted by Gasteiger charge is -2.00. The van der Waals surface area contributed by atoms with E-state index in [1.807, 2.05) is 42.5 Å². The lowest BCUT2D eigenvalue weighted by molar-refractivity contribution is 1.27. The van der Waals surface area contributed by atoms with Gasteiger partial charge in [0.25, 0.3) is 0 Å². The molecule has 0 spiro atoms. The Hall–Kier alpha value is -0.810. The van der Waals surface area contributed by atoms with Crippen molar-refractivity contribution in [2.75, 3.05) is 0 Å². The van der Waals surface area contributed by atoms with Crippen LogP contribution in [0.25, 0.3) is 10.4 Å². The monoisotopic (exact) mass is 381 g/mol. The average molecular weight is 383 g/mol. The fourth-order valence-electron chi connectivity index (χ4n) is 1.70. The molecule has 1 nitrogen and oxygen atoms in total. The Morgan fingerprint density at radius 3 is 2.55 bits per heavy atom. The van der Waals surface area contributed by atoms with Gasteiger partial charge in [0.1, 0.15) is 5.03 Å². The van der Waals surface area contributed by atoms with Gasteiger partial charge in [-0.2, -0.15) is 4.37 Å². The number of hydrogen-bond donors (Lipinski definition) is 0. The summed E-state index contributed by atoms with van der Waals surface area (Å²) in [4.78, 5) is 2.32. The van der Waals surface area contributed by atoms with Crippen molar-refractivity contribution in [3.05, 3.63) is 64.1 Å². The molecule has 0 saturated carbocycles. The van der Waals surface area contributed by atoms with Crippen LogP contribution in [0.4, 0.5) is 0 Å². The van der Waals surface area contributed by atoms with Crippen molar-refractivity contribution in [2.45, 2.75) is 9.92 Å². The second-order valence-corrected chi connectivity index (χ2v) is 7.23. The van der Waals surface area contributed by atoms with Gasteiger partial charge in [0, 0.05) is 14.4 Å². The first kappa shape index (κ1) is 14.1. The van der Waals surface area contributed by atoms with Crippen LogP contribution >= 0.6 is 50.8 Å². The van der Waals surface area contributed by atoms with Crippen molar-refractivity contribution in [3.63, 3.8) is 0 Å². The third-order valence-electron chi connectivity index (χ3n) is 2.67. The van der Waals surface area contributed by atoms with E-state index in [1.165, 1.54) is 16.4 Å². The average Bonchev–Trinajstić information content (AvgIpc) is 2.91. The lowest BCUT2D eigenvalue weighted by atomic mass is 10.2. The zero-order valence-corrected chi connectivity index (χ0v) is 14.2. The van der Waals surface area contributed by atoms with Gasteiger partial charge in [-0.1, -0.05) is 47.6 Å². The minimum absolute atomic E-state index is 0.751. The maximum Gasteiger partial charge on any atom is 0.115 e. The highest BCUT2D eigenvalue weighted by Crippen LogP contribution is 2.36. The Morgan fingerprint density at radius 2 is 1.80 bits per heavy atom. The minimum atomic E-state index is 0.751. The Kier molecular flexibility index (Phi) is 4.46.